The summed E-state index contributed by atoms with van der Waals surface area (Å²) in [7, 11) is 0. The Labute approximate surface area is 168 Å². The topological polar surface area (TPSA) is 49.3 Å². The van der Waals surface area contributed by atoms with Crippen LogP contribution in [-0.4, -0.2) is 17.5 Å². The summed E-state index contributed by atoms with van der Waals surface area (Å²) in [4.78, 5) is 10.1. The molecule has 8 heteroatoms. The molecule has 0 bridgehead atoms. The Hall–Kier alpha value is -1.29. The molecule has 1 heterocycles. The lowest BCUT2D eigenvalue weighted by Gasteiger charge is -2.18. The van der Waals surface area contributed by atoms with E-state index in [-0.39, 0.29) is 30.0 Å². The fourth-order valence-corrected chi connectivity index (χ4v) is 3.07. The number of rotatable bonds is 5. The number of halogens is 3. The number of hydrogen-bond donors (Lipinski definition) is 2. The van der Waals surface area contributed by atoms with Gasteiger partial charge in [-0.05, 0) is 33.8 Å². The summed E-state index contributed by atoms with van der Waals surface area (Å²) in [5, 5.41) is 7.20. The molecule has 2 aromatic rings. The van der Waals surface area contributed by atoms with Crippen LogP contribution in [0.2, 0.25) is 0 Å². The quantitative estimate of drug-likeness (QED) is 0.377. The van der Waals surface area contributed by atoms with Crippen LogP contribution in [0.15, 0.2) is 23.2 Å². The summed E-state index contributed by atoms with van der Waals surface area (Å²) in [5.41, 5.74) is 1.41. The average Bonchev–Trinajstić information content (AvgIpc) is 2.83. The summed E-state index contributed by atoms with van der Waals surface area (Å²) in [6, 6.07) is 3.24. The molecule has 0 amide bonds. The monoisotopic (exact) mass is 480 g/mol. The van der Waals surface area contributed by atoms with Crippen LogP contribution in [0.25, 0.3) is 0 Å². The Bertz CT molecular complexity index is 714. The summed E-state index contributed by atoms with van der Waals surface area (Å²) < 4.78 is 26.9. The molecule has 0 spiro atoms. The normalized spacial score (nSPS) is 12.5. The Balaban J connectivity index is 0.00000312. The van der Waals surface area contributed by atoms with Crippen LogP contribution in [0.3, 0.4) is 0 Å². The third kappa shape index (κ3) is 6.18. The zero-order valence-corrected chi connectivity index (χ0v) is 17.8. The van der Waals surface area contributed by atoms with Crippen molar-refractivity contribution in [3.63, 3.8) is 0 Å². The van der Waals surface area contributed by atoms with Crippen molar-refractivity contribution < 1.29 is 8.78 Å². The second kappa shape index (κ2) is 10.0. The first kappa shape index (κ1) is 21.8. The number of hydrogen-bond acceptors (Lipinski definition) is 3. The molecule has 1 aromatic heterocycles. The van der Waals surface area contributed by atoms with Crippen LogP contribution in [0, 0.1) is 25.5 Å². The van der Waals surface area contributed by atoms with Crippen molar-refractivity contribution >= 4 is 41.3 Å². The highest BCUT2D eigenvalue weighted by Gasteiger charge is 2.13. The molecule has 0 radical (unpaired) electrons. The zero-order chi connectivity index (χ0) is 17.7. The van der Waals surface area contributed by atoms with Crippen LogP contribution in [-0.2, 0) is 6.54 Å². The minimum absolute atomic E-state index is 0. The molecule has 138 valence electrons. The van der Waals surface area contributed by atoms with Gasteiger partial charge in [-0.15, -0.1) is 35.3 Å². The van der Waals surface area contributed by atoms with E-state index in [1.807, 2.05) is 20.8 Å². The third-order valence-electron chi connectivity index (χ3n) is 3.57. The molecule has 1 unspecified atom stereocenters. The highest BCUT2D eigenvalue weighted by molar-refractivity contribution is 14.0. The van der Waals surface area contributed by atoms with Crippen LogP contribution >= 0.6 is 35.3 Å². The Morgan fingerprint density at radius 1 is 1.32 bits per heavy atom. The number of thiazole rings is 1. The fraction of sp³-hybridized carbons (Fsp3) is 0.412. The number of aryl methyl sites for hydroxylation is 2. The van der Waals surface area contributed by atoms with E-state index < -0.39 is 11.6 Å². The van der Waals surface area contributed by atoms with Gasteiger partial charge in [0.2, 0.25) is 0 Å². The summed E-state index contributed by atoms with van der Waals surface area (Å²) >= 11 is 1.62. The van der Waals surface area contributed by atoms with Crippen molar-refractivity contribution in [3.05, 3.63) is 51.0 Å². The second-order valence-corrected chi connectivity index (χ2v) is 6.76. The molecule has 0 aliphatic carbocycles. The van der Waals surface area contributed by atoms with E-state index >= 15 is 0 Å². The molecule has 2 rings (SSSR count). The minimum Gasteiger partial charge on any atom is -0.357 e. The molecular formula is C17H23F2IN4S. The lowest BCUT2D eigenvalue weighted by atomic mass is 10.1. The molecule has 25 heavy (non-hydrogen) atoms. The maximum Gasteiger partial charge on any atom is 0.192 e. The van der Waals surface area contributed by atoms with Crippen molar-refractivity contribution in [2.45, 2.75) is 40.3 Å². The molecule has 0 fully saturated rings. The maximum absolute atomic E-state index is 13.9. The second-order valence-electron chi connectivity index (χ2n) is 5.48. The number of nitrogens with zero attached hydrogens (tertiary/aromatic N) is 2. The molecule has 0 aliphatic heterocycles. The number of aliphatic imine (C=N–C) groups is 1. The molecule has 0 saturated carbocycles. The molecule has 2 N–H and O–H groups in total. The van der Waals surface area contributed by atoms with Crippen LogP contribution in [0.4, 0.5) is 8.78 Å². The molecule has 1 atom stereocenters. The molecule has 1 aromatic carbocycles. The van der Waals surface area contributed by atoms with Gasteiger partial charge >= 0.3 is 0 Å². The van der Waals surface area contributed by atoms with Gasteiger partial charge < -0.3 is 10.6 Å². The van der Waals surface area contributed by atoms with Gasteiger partial charge in [-0.25, -0.2) is 18.8 Å². The molecule has 0 aliphatic rings. The maximum atomic E-state index is 13.9. The predicted octanol–water partition coefficient (Wildman–Crippen LogP) is 4.47. The van der Waals surface area contributed by atoms with E-state index in [9.17, 15) is 8.78 Å². The van der Waals surface area contributed by atoms with Crippen molar-refractivity contribution in [2.24, 2.45) is 4.99 Å². The van der Waals surface area contributed by atoms with Crippen LogP contribution < -0.4 is 10.6 Å². The standard InChI is InChI=1S/C17H22F2N4S.HI/c1-5-20-17(21-9-16-22-10(2)12(4)24-16)23-11(3)14-7-6-13(18)8-15(14)19;/h6-8,11H,5,9H2,1-4H3,(H2,20,21,23);1H. The summed E-state index contributed by atoms with van der Waals surface area (Å²) in [6.45, 7) is 8.90. The summed E-state index contributed by atoms with van der Waals surface area (Å²) in [5.74, 6) is -0.588. The summed E-state index contributed by atoms with van der Waals surface area (Å²) in [6.07, 6.45) is 0. The van der Waals surface area contributed by atoms with Gasteiger partial charge in [-0.2, -0.15) is 0 Å². The van der Waals surface area contributed by atoms with Gasteiger partial charge in [0.15, 0.2) is 5.96 Å². The first-order valence-electron chi connectivity index (χ1n) is 7.83. The highest BCUT2D eigenvalue weighted by Crippen LogP contribution is 2.19. The highest BCUT2D eigenvalue weighted by atomic mass is 127. The van der Waals surface area contributed by atoms with Gasteiger partial charge in [0, 0.05) is 23.1 Å². The van der Waals surface area contributed by atoms with E-state index in [0.29, 0.717) is 24.6 Å². The zero-order valence-electron chi connectivity index (χ0n) is 14.7. The first-order chi connectivity index (χ1) is 11.4. The van der Waals surface area contributed by atoms with Crippen molar-refractivity contribution in [3.8, 4) is 0 Å². The van der Waals surface area contributed by atoms with Crippen molar-refractivity contribution in [1.29, 1.82) is 0 Å². The van der Waals surface area contributed by atoms with E-state index in [2.05, 4.69) is 20.6 Å². The minimum atomic E-state index is -0.585. The van der Waals surface area contributed by atoms with E-state index in [1.165, 1.54) is 17.0 Å². The van der Waals surface area contributed by atoms with Crippen molar-refractivity contribution in [1.82, 2.24) is 15.6 Å². The van der Waals surface area contributed by atoms with E-state index in [0.717, 1.165) is 16.8 Å². The SMILES string of the molecule is CCNC(=NCc1nc(C)c(C)s1)NC(C)c1ccc(F)cc1F.I. The Kier molecular flexibility index (Phi) is 8.70. The van der Waals surface area contributed by atoms with Crippen LogP contribution in [0.1, 0.15) is 41.0 Å². The lowest BCUT2D eigenvalue weighted by Crippen LogP contribution is -2.39. The Morgan fingerprint density at radius 3 is 2.60 bits per heavy atom. The molecular weight excluding hydrogens is 457 g/mol. The number of nitrogens with one attached hydrogen (secondary N) is 2. The van der Waals surface area contributed by atoms with Crippen molar-refractivity contribution in [2.75, 3.05) is 6.54 Å². The largest absolute Gasteiger partial charge is 0.357 e. The number of guanidine groups is 1. The van der Waals surface area contributed by atoms with Gasteiger partial charge in [-0.3, -0.25) is 0 Å². The first-order valence-corrected chi connectivity index (χ1v) is 8.65. The molecule has 0 saturated heterocycles. The van der Waals surface area contributed by atoms with Gasteiger partial charge in [0.05, 0.1) is 18.3 Å². The number of aromatic nitrogens is 1. The average molecular weight is 480 g/mol. The Morgan fingerprint density at radius 2 is 2.04 bits per heavy atom. The fourth-order valence-electron chi connectivity index (χ4n) is 2.21. The number of benzene rings is 1. The van der Waals surface area contributed by atoms with E-state index in [1.54, 1.807) is 18.3 Å². The molecule has 4 nitrogen and oxygen atoms in total. The van der Waals surface area contributed by atoms with E-state index in [4.69, 9.17) is 0 Å². The third-order valence-corrected chi connectivity index (χ3v) is 4.63. The van der Waals surface area contributed by atoms with Gasteiger partial charge in [0.25, 0.3) is 0 Å². The van der Waals surface area contributed by atoms with Crippen LogP contribution in [0.5, 0.6) is 0 Å². The van der Waals surface area contributed by atoms with Gasteiger partial charge in [-0.1, -0.05) is 6.07 Å². The smallest absolute Gasteiger partial charge is 0.192 e. The predicted molar refractivity (Wildman–Crippen MR) is 110 cm³/mol. The van der Waals surface area contributed by atoms with Gasteiger partial charge in [0.1, 0.15) is 16.6 Å². The lowest BCUT2D eigenvalue weighted by molar-refractivity contribution is 0.551.